The van der Waals surface area contributed by atoms with Crippen molar-refractivity contribution in [1.29, 1.82) is 5.41 Å². The molecule has 1 aromatic rings. The summed E-state index contributed by atoms with van der Waals surface area (Å²) < 4.78 is 0. The molecule has 0 aliphatic heterocycles. The standard InChI is InChI=1S/C12H18N2/c1-2-4-12(14)8-10-5-3-6-11(7-10)9-13/h3,5-7,14H,2,4,8-9,13H2,1H3. The van der Waals surface area contributed by atoms with Crippen molar-refractivity contribution >= 4 is 5.71 Å². The van der Waals surface area contributed by atoms with Gasteiger partial charge in [-0.1, -0.05) is 37.6 Å². The van der Waals surface area contributed by atoms with Gasteiger partial charge in [0, 0.05) is 18.7 Å². The van der Waals surface area contributed by atoms with Gasteiger partial charge in [0.05, 0.1) is 0 Å². The maximum Gasteiger partial charge on any atom is 0.0178 e. The summed E-state index contributed by atoms with van der Waals surface area (Å²) >= 11 is 0. The van der Waals surface area contributed by atoms with Gasteiger partial charge in [-0.2, -0.15) is 0 Å². The van der Waals surface area contributed by atoms with Crippen LogP contribution in [0.4, 0.5) is 0 Å². The molecule has 0 amide bonds. The minimum absolute atomic E-state index is 0.578. The fourth-order valence-corrected chi connectivity index (χ4v) is 1.50. The molecular weight excluding hydrogens is 172 g/mol. The van der Waals surface area contributed by atoms with Gasteiger partial charge in [-0.15, -0.1) is 0 Å². The highest BCUT2D eigenvalue weighted by Gasteiger charge is 1.99. The summed E-state index contributed by atoms with van der Waals surface area (Å²) in [7, 11) is 0. The molecule has 3 N–H and O–H groups in total. The van der Waals surface area contributed by atoms with Crippen LogP contribution in [0.15, 0.2) is 24.3 Å². The lowest BCUT2D eigenvalue weighted by atomic mass is 10.0. The molecule has 1 rings (SSSR count). The van der Waals surface area contributed by atoms with E-state index in [1.807, 2.05) is 12.1 Å². The Morgan fingerprint density at radius 3 is 2.71 bits per heavy atom. The molecule has 0 heterocycles. The summed E-state index contributed by atoms with van der Waals surface area (Å²) in [6, 6.07) is 8.18. The summed E-state index contributed by atoms with van der Waals surface area (Å²) in [5, 5.41) is 7.72. The molecule has 1 aromatic carbocycles. The van der Waals surface area contributed by atoms with E-state index in [0.29, 0.717) is 6.54 Å². The predicted molar refractivity (Wildman–Crippen MR) is 60.7 cm³/mol. The highest BCUT2D eigenvalue weighted by atomic mass is 14.5. The van der Waals surface area contributed by atoms with Crippen LogP contribution in [0.3, 0.4) is 0 Å². The minimum atomic E-state index is 0.578. The maximum atomic E-state index is 7.72. The highest BCUT2D eigenvalue weighted by Crippen LogP contribution is 2.07. The smallest absolute Gasteiger partial charge is 0.0178 e. The first-order valence-corrected chi connectivity index (χ1v) is 5.10. The molecule has 0 aliphatic rings. The Hall–Kier alpha value is -1.15. The molecule has 0 aromatic heterocycles. The summed E-state index contributed by atoms with van der Waals surface area (Å²) in [5.74, 6) is 0. The van der Waals surface area contributed by atoms with Crippen LogP contribution < -0.4 is 5.73 Å². The normalized spacial score (nSPS) is 10.1. The van der Waals surface area contributed by atoms with Gasteiger partial charge in [0.2, 0.25) is 0 Å². The van der Waals surface area contributed by atoms with Crippen molar-refractivity contribution in [3.8, 4) is 0 Å². The molecule has 0 unspecified atom stereocenters. The highest BCUT2D eigenvalue weighted by molar-refractivity contribution is 5.83. The first-order valence-electron chi connectivity index (χ1n) is 5.10. The van der Waals surface area contributed by atoms with Crippen molar-refractivity contribution in [3.05, 3.63) is 35.4 Å². The Kier molecular flexibility index (Phi) is 4.33. The Morgan fingerprint density at radius 1 is 1.36 bits per heavy atom. The maximum absolute atomic E-state index is 7.72. The van der Waals surface area contributed by atoms with Crippen LogP contribution in [0.25, 0.3) is 0 Å². The number of nitrogens with two attached hydrogens (primary N) is 1. The predicted octanol–water partition coefficient (Wildman–Crippen LogP) is 2.51. The fraction of sp³-hybridized carbons (Fsp3) is 0.417. The zero-order chi connectivity index (χ0) is 10.4. The number of nitrogens with one attached hydrogen (secondary N) is 1. The zero-order valence-corrected chi connectivity index (χ0v) is 8.72. The minimum Gasteiger partial charge on any atom is -0.326 e. The Bertz CT molecular complexity index is 305. The van der Waals surface area contributed by atoms with Crippen LogP contribution in [-0.4, -0.2) is 5.71 Å². The second-order valence-electron chi connectivity index (χ2n) is 3.55. The molecule has 0 saturated carbocycles. The van der Waals surface area contributed by atoms with Crippen LogP contribution in [0, 0.1) is 5.41 Å². The van der Waals surface area contributed by atoms with Crippen LogP contribution in [-0.2, 0) is 13.0 Å². The molecule has 14 heavy (non-hydrogen) atoms. The van der Waals surface area contributed by atoms with E-state index < -0.39 is 0 Å². The molecule has 0 bridgehead atoms. The molecule has 0 aliphatic carbocycles. The molecule has 0 saturated heterocycles. The Balaban J connectivity index is 2.62. The first kappa shape index (κ1) is 10.9. The second kappa shape index (κ2) is 5.55. The summed E-state index contributed by atoms with van der Waals surface area (Å²) in [5.41, 5.74) is 8.71. The van der Waals surface area contributed by atoms with Crippen molar-refractivity contribution in [2.75, 3.05) is 0 Å². The number of hydrogen-bond acceptors (Lipinski definition) is 2. The number of hydrogen-bond donors (Lipinski definition) is 2. The summed E-state index contributed by atoms with van der Waals surface area (Å²) in [4.78, 5) is 0. The van der Waals surface area contributed by atoms with Crippen molar-refractivity contribution in [2.45, 2.75) is 32.7 Å². The zero-order valence-electron chi connectivity index (χ0n) is 8.72. The second-order valence-corrected chi connectivity index (χ2v) is 3.55. The molecule has 76 valence electrons. The SMILES string of the molecule is CCCC(=N)Cc1cccc(CN)c1. The third-order valence-electron chi connectivity index (χ3n) is 2.20. The van der Waals surface area contributed by atoms with E-state index in [1.165, 1.54) is 5.56 Å². The lowest BCUT2D eigenvalue weighted by Crippen LogP contribution is -2.02. The summed E-state index contributed by atoms with van der Waals surface area (Å²) in [6.45, 7) is 2.68. The molecule has 0 spiro atoms. The van der Waals surface area contributed by atoms with E-state index in [2.05, 4.69) is 19.1 Å². The Morgan fingerprint density at radius 2 is 2.07 bits per heavy atom. The fourth-order valence-electron chi connectivity index (χ4n) is 1.50. The van der Waals surface area contributed by atoms with Gasteiger partial charge in [0.1, 0.15) is 0 Å². The molecule has 2 nitrogen and oxygen atoms in total. The monoisotopic (exact) mass is 190 g/mol. The van der Waals surface area contributed by atoms with Gasteiger partial charge < -0.3 is 11.1 Å². The molecular formula is C12H18N2. The lowest BCUT2D eigenvalue weighted by Gasteiger charge is -2.04. The van der Waals surface area contributed by atoms with Gasteiger partial charge in [-0.3, -0.25) is 0 Å². The molecule has 2 heteroatoms. The van der Waals surface area contributed by atoms with Crippen molar-refractivity contribution < 1.29 is 0 Å². The van der Waals surface area contributed by atoms with Gasteiger partial charge in [0.25, 0.3) is 0 Å². The van der Waals surface area contributed by atoms with E-state index in [4.69, 9.17) is 11.1 Å². The van der Waals surface area contributed by atoms with E-state index in [0.717, 1.165) is 30.5 Å². The topological polar surface area (TPSA) is 49.9 Å². The van der Waals surface area contributed by atoms with E-state index in [9.17, 15) is 0 Å². The molecule has 0 atom stereocenters. The van der Waals surface area contributed by atoms with E-state index >= 15 is 0 Å². The van der Waals surface area contributed by atoms with Crippen LogP contribution >= 0.6 is 0 Å². The average Bonchev–Trinajstić information content (AvgIpc) is 2.18. The van der Waals surface area contributed by atoms with Crippen LogP contribution in [0.5, 0.6) is 0 Å². The number of rotatable bonds is 5. The van der Waals surface area contributed by atoms with Crippen LogP contribution in [0.2, 0.25) is 0 Å². The van der Waals surface area contributed by atoms with Crippen molar-refractivity contribution in [1.82, 2.24) is 0 Å². The quantitative estimate of drug-likeness (QED) is 0.689. The molecule has 0 fully saturated rings. The van der Waals surface area contributed by atoms with Crippen molar-refractivity contribution in [3.63, 3.8) is 0 Å². The van der Waals surface area contributed by atoms with Crippen LogP contribution in [0.1, 0.15) is 30.9 Å². The van der Waals surface area contributed by atoms with Gasteiger partial charge in [-0.05, 0) is 17.5 Å². The molecule has 0 radical (unpaired) electrons. The van der Waals surface area contributed by atoms with Crippen molar-refractivity contribution in [2.24, 2.45) is 5.73 Å². The first-order chi connectivity index (χ1) is 6.76. The van der Waals surface area contributed by atoms with Gasteiger partial charge >= 0.3 is 0 Å². The largest absolute Gasteiger partial charge is 0.326 e. The lowest BCUT2D eigenvalue weighted by molar-refractivity contribution is 0.963. The average molecular weight is 190 g/mol. The number of benzene rings is 1. The Labute approximate surface area is 85.6 Å². The van der Waals surface area contributed by atoms with E-state index in [1.54, 1.807) is 0 Å². The van der Waals surface area contributed by atoms with Gasteiger partial charge in [-0.25, -0.2) is 0 Å². The van der Waals surface area contributed by atoms with Gasteiger partial charge in [0.15, 0.2) is 0 Å². The third-order valence-corrected chi connectivity index (χ3v) is 2.20. The van der Waals surface area contributed by atoms with E-state index in [-0.39, 0.29) is 0 Å². The third kappa shape index (κ3) is 3.30. The summed E-state index contributed by atoms with van der Waals surface area (Å²) in [6.07, 6.45) is 2.71.